The Balaban J connectivity index is 1.96. The van der Waals surface area contributed by atoms with Gasteiger partial charge in [0.15, 0.2) is 0 Å². The summed E-state index contributed by atoms with van der Waals surface area (Å²) in [6, 6.07) is 3.23. The maximum Gasteiger partial charge on any atom is 0.407 e. The first-order valence-electron chi connectivity index (χ1n) is 6.70. The third-order valence-corrected chi connectivity index (χ3v) is 3.74. The zero-order valence-corrected chi connectivity index (χ0v) is 14.1. The van der Waals surface area contributed by atoms with Crippen LogP contribution in [-0.2, 0) is 9.57 Å². The SMILES string of the molecule is CCOC(=O)NCCC1C=C(c2c(Cl)cc(Cl)cc2Cl)NO1. The molecule has 0 aromatic heterocycles. The van der Waals surface area contributed by atoms with Crippen molar-refractivity contribution in [2.75, 3.05) is 13.2 Å². The monoisotopic (exact) mass is 364 g/mol. The number of amides is 1. The highest BCUT2D eigenvalue weighted by atomic mass is 35.5. The fraction of sp³-hybridized carbons (Fsp3) is 0.357. The van der Waals surface area contributed by atoms with Gasteiger partial charge in [-0.3, -0.25) is 10.3 Å². The van der Waals surface area contributed by atoms with E-state index >= 15 is 0 Å². The van der Waals surface area contributed by atoms with Gasteiger partial charge in [-0.25, -0.2) is 4.79 Å². The second kappa shape index (κ2) is 7.92. The predicted octanol–water partition coefficient (Wildman–Crippen LogP) is 4.03. The quantitative estimate of drug-likeness (QED) is 0.827. The summed E-state index contributed by atoms with van der Waals surface area (Å²) in [6.45, 7) is 2.51. The number of benzene rings is 1. The van der Waals surface area contributed by atoms with Gasteiger partial charge in [0.2, 0.25) is 0 Å². The lowest BCUT2D eigenvalue weighted by molar-refractivity contribution is 0.0467. The van der Waals surface area contributed by atoms with Crippen LogP contribution in [0.3, 0.4) is 0 Å². The summed E-state index contributed by atoms with van der Waals surface area (Å²) in [7, 11) is 0. The summed E-state index contributed by atoms with van der Waals surface area (Å²) in [5.74, 6) is 0. The molecule has 1 aromatic rings. The van der Waals surface area contributed by atoms with Crippen LogP contribution in [0.5, 0.6) is 0 Å². The third-order valence-electron chi connectivity index (χ3n) is 2.92. The molecule has 0 saturated carbocycles. The Kier molecular flexibility index (Phi) is 6.20. The number of rotatable bonds is 5. The predicted molar refractivity (Wildman–Crippen MR) is 87.1 cm³/mol. The number of carbonyl (C=O) groups excluding carboxylic acids is 1. The molecule has 1 aromatic carbocycles. The van der Waals surface area contributed by atoms with Crippen molar-refractivity contribution in [2.45, 2.75) is 19.4 Å². The van der Waals surface area contributed by atoms with Crippen LogP contribution in [0.4, 0.5) is 4.79 Å². The van der Waals surface area contributed by atoms with Crippen LogP contribution >= 0.6 is 34.8 Å². The summed E-state index contributed by atoms with van der Waals surface area (Å²) in [6.07, 6.45) is 1.78. The maximum absolute atomic E-state index is 11.2. The first-order valence-corrected chi connectivity index (χ1v) is 7.83. The molecule has 1 heterocycles. The molecule has 1 atom stereocenters. The number of hydrogen-bond donors (Lipinski definition) is 2. The summed E-state index contributed by atoms with van der Waals surface area (Å²) < 4.78 is 4.77. The summed E-state index contributed by atoms with van der Waals surface area (Å²) >= 11 is 18.2. The molecule has 8 heteroatoms. The number of halogens is 3. The molecule has 22 heavy (non-hydrogen) atoms. The molecule has 0 spiro atoms. The molecule has 0 saturated heterocycles. The molecule has 2 rings (SSSR count). The van der Waals surface area contributed by atoms with Crippen LogP contribution in [-0.4, -0.2) is 25.3 Å². The van der Waals surface area contributed by atoms with Crippen molar-refractivity contribution in [3.05, 3.63) is 38.8 Å². The Labute approximate surface area is 143 Å². The molecular weight excluding hydrogens is 351 g/mol. The zero-order chi connectivity index (χ0) is 16.1. The molecule has 5 nitrogen and oxygen atoms in total. The van der Waals surface area contributed by atoms with E-state index in [2.05, 4.69) is 10.8 Å². The molecule has 120 valence electrons. The molecular formula is C14H15Cl3N2O3. The van der Waals surface area contributed by atoms with Gasteiger partial charge in [0, 0.05) is 17.1 Å². The van der Waals surface area contributed by atoms with Gasteiger partial charge >= 0.3 is 6.09 Å². The number of nitrogens with one attached hydrogen (secondary N) is 2. The van der Waals surface area contributed by atoms with Gasteiger partial charge < -0.3 is 10.1 Å². The molecule has 0 radical (unpaired) electrons. The van der Waals surface area contributed by atoms with Gasteiger partial charge in [-0.15, -0.1) is 0 Å². The molecule has 1 aliphatic heterocycles. The second-order valence-corrected chi connectivity index (χ2v) is 5.77. The van der Waals surface area contributed by atoms with E-state index in [1.165, 1.54) is 0 Å². The maximum atomic E-state index is 11.2. The number of carbonyl (C=O) groups is 1. The summed E-state index contributed by atoms with van der Waals surface area (Å²) in [4.78, 5) is 16.6. The van der Waals surface area contributed by atoms with E-state index in [-0.39, 0.29) is 6.10 Å². The Morgan fingerprint density at radius 2 is 2.05 bits per heavy atom. The van der Waals surface area contributed by atoms with Crippen LogP contribution in [0.2, 0.25) is 15.1 Å². The van der Waals surface area contributed by atoms with Crippen molar-refractivity contribution >= 4 is 46.6 Å². The average molecular weight is 366 g/mol. The third kappa shape index (κ3) is 4.43. The normalized spacial score (nSPS) is 16.9. The Morgan fingerprint density at radius 3 is 2.68 bits per heavy atom. The van der Waals surface area contributed by atoms with Crippen molar-refractivity contribution in [2.24, 2.45) is 0 Å². The van der Waals surface area contributed by atoms with E-state index in [4.69, 9.17) is 44.4 Å². The average Bonchev–Trinajstić information content (AvgIpc) is 2.86. The van der Waals surface area contributed by atoms with E-state index in [0.29, 0.717) is 45.9 Å². The standard InChI is InChI=1S/C14H15Cl3N2O3/c1-2-21-14(20)18-4-3-9-7-12(19-22-9)13-10(16)5-8(15)6-11(13)17/h5-7,9,19H,2-4H2,1H3,(H,18,20). The van der Waals surface area contributed by atoms with Crippen LogP contribution < -0.4 is 10.8 Å². The number of hydroxylamine groups is 1. The molecule has 0 fully saturated rings. The Bertz CT molecular complexity index is 570. The summed E-state index contributed by atoms with van der Waals surface area (Å²) in [5, 5.41) is 3.96. The lowest BCUT2D eigenvalue weighted by atomic mass is 10.1. The minimum Gasteiger partial charge on any atom is -0.450 e. The molecule has 0 aliphatic carbocycles. The zero-order valence-electron chi connectivity index (χ0n) is 11.8. The fourth-order valence-corrected chi connectivity index (χ4v) is 2.99. The van der Waals surface area contributed by atoms with Crippen molar-refractivity contribution in [1.29, 1.82) is 0 Å². The van der Waals surface area contributed by atoms with Gasteiger partial charge in [0.1, 0.15) is 6.10 Å². The second-order valence-electron chi connectivity index (χ2n) is 4.52. The fourth-order valence-electron chi connectivity index (χ4n) is 1.97. The largest absolute Gasteiger partial charge is 0.450 e. The van der Waals surface area contributed by atoms with Gasteiger partial charge in [-0.2, -0.15) is 0 Å². The number of ether oxygens (including phenoxy) is 1. The first-order chi connectivity index (χ1) is 10.5. The van der Waals surface area contributed by atoms with Crippen molar-refractivity contribution in [1.82, 2.24) is 10.8 Å². The van der Waals surface area contributed by atoms with Crippen LogP contribution in [0.1, 0.15) is 18.9 Å². The molecule has 1 unspecified atom stereocenters. The van der Waals surface area contributed by atoms with Gasteiger partial charge in [0.05, 0.1) is 22.3 Å². The minimum atomic E-state index is -0.443. The molecule has 1 amide bonds. The molecule has 1 aliphatic rings. The van der Waals surface area contributed by atoms with E-state index < -0.39 is 6.09 Å². The van der Waals surface area contributed by atoms with E-state index in [0.717, 1.165) is 0 Å². The van der Waals surface area contributed by atoms with E-state index in [9.17, 15) is 4.79 Å². The lowest BCUT2D eigenvalue weighted by Crippen LogP contribution is -2.28. The van der Waals surface area contributed by atoms with Gasteiger partial charge in [-0.1, -0.05) is 34.8 Å². The summed E-state index contributed by atoms with van der Waals surface area (Å²) in [5.41, 5.74) is 4.10. The number of alkyl carbamates (subject to hydrolysis) is 1. The van der Waals surface area contributed by atoms with E-state index in [1.807, 2.05) is 6.08 Å². The smallest absolute Gasteiger partial charge is 0.407 e. The molecule has 0 bridgehead atoms. The van der Waals surface area contributed by atoms with Crippen LogP contribution in [0.15, 0.2) is 18.2 Å². The van der Waals surface area contributed by atoms with Crippen molar-refractivity contribution < 1.29 is 14.4 Å². The van der Waals surface area contributed by atoms with Crippen LogP contribution in [0.25, 0.3) is 5.70 Å². The van der Waals surface area contributed by atoms with E-state index in [1.54, 1.807) is 19.1 Å². The molecule has 2 N–H and O–H groups in total. The Hall–Kier alpha value is -1.14. The van der Waals surface area contributed by atoms with Gasteiger partial charge in [0.25, 0.3) is 0 Å². The van der Waals surface area contributed by atoms with Gasteiger partial charge in [-0.05, 0) is 31.6 Å². The van der Waals surface area contributed by atoms with Crippen molar-refractivity contribution in [3.63, 3.8) is 0 Å². The highest BCUT2D eigenvalue weighted by Gasteiger charge is 2.21. The topological polar surface area (TPSA) is 59.6 Å². The van der Waals surface area contributed by atoms with Crippen molar-refractivity contribution in [3.8, 4) is 0 Å². The minimum absolute atomic E-state index is 0.209. The first kappa shape index (κ1) is 17.2. The van der Waals surface area contributed by atoms with Crippen LogP contribution in [0, 0.1) is 0 Å². The highest BCUT2D eigenvalue weighted by molar-refractivity contribution is 6.40. The number of hydrogen-bond acceptors (Lipinski definition) is 4. The highest BCUT2D eigenvalue weighted by Crippen LogP contribution is 2.35. The Morgan fingerprint density at radius 1 is 1.36 bits per heavy atom. The lowest BCUT2D eigenvalue weighted by Gasteiger charge is -2.09.